The maximum atomic E-state index is 12.4. The number of aliphatic hydroxyl groups is 3. The number of aryl methyl sites for hydroxylation is 1. The summed E-state index contributed by atoms with van der Waals surface area (Å²) in [6.07, 6.45) is -3.40. The molecule has 1 aromatic carbocycles. The fraction of sp³-hybridized carbons (Fsp3) is 0.567. The van der Waals surface area contributed by atoms with Crippen molar-refractivity contribution in [2.75, 3.05) is 6.54 Å². The molecule has 0 aromatic heterocycles. The Balaban J connectivity index is 1.59. The quantitative estimate of drug-likeness (QED) is 0.134. The maximum Gasteiger partial charge on any atom is 0.335 e. The second kappa shape index (κ2) is 14.7. The van der Waals surface area contributed by atoms with Crippen LogP contribution in [0.2, 0.25) is 0 Å². The zero-order valence-corrected chi connectivity index (χ0v) is 24.4. The monoisotopic (exact) mass is 605 g/mol. The van der Waals surface area contributed by atoms with E-state index in [9.17, 15) is 44.4 Å². The highest BCUT2D eigenvalue weighted by molar-refractivity contribution is 6.13. The molecule has 1 saturated heterocycles. The number of ketones is 1. The predicted octanol–water partition coefficient (Wildman–Crippen LogP) is 1.03. The van der Waals surface area contributed by atoms with Crippen LogP contribution in [0.5, 0.6) is 5.75 Å². The van der Waals surface area contributed by atoms with E-state index < -0.39 is 59.9 Å². The van der Waals surface area contributed by atoms with Gasteiger partial charge in [-0.3, -0.25) is 24.1 Å². The van der Waals surface area contributed by atoms with Crippen LogP contribution >= 0.6 is 0 Å². The van der Waals surface area contributed by atoms with Gasteiger partial charge in [0.25, 0.3) is 11.8 Å². The molecule has 43 heavy (non-hydrogen) atoms. The number of carbonyl (C=O) groups excluding carboxylic acids is 4. The van der Waals surface area contributed by atoms with Crippen molar-refractivity contribution >= 4 is 29.5 Å². The van der Waals surface area contributed by atoms with Gasteiger partial charge in [0.05, 0.1) is 5.41 Å². The van der Waals surface area contributed by atoms with Crippen molar-refractivity contribution in [1.82, 2.24) is 4.90 Å². The zero-order chi connectivity index (χ0) is 31.9. The molecule has 13 heteroatoms. The summed E-state index contributed by atoms with van der Waals surface area (Å²) in [5.41, 5.74) is 0.501. The molecule has 2 aliphatic heterocycles. The van der Waals surface area contributed by atoms with E-state index in [1.807, 2.05) is 0 Å². The van der Waals surface area contributed by atoms with Crippen molar-refractivity contribution in [3.63, 3.8) is 0 Å². The first-order valence-corrected chi connectivity index (χ1v) is 14.1. The summed E-state index contributed by atoms with van der Waals surface area (Å²) in [5, 5.41) is 39.7. The van der Waals surface area contributed by atoms with Crippen LogP contribution in [-0.4, -0.2) is 92.1 Å². The fourth-order valence-corrected chi connectivity index (χ4v) is 4.49. The summed E-state index contributed by atoms with van der Waals surface area (Å²) in [6, 6.07) is 5.03. The third-order valence-corrected chi connectivity index (χ3v) is 7.09. The van der Waals surface area contributed by atoms with Crippen LogP contribution in [0.25, 0.3) is 0 Å². The molecule has 0 radical (unpaired) electrons. The van der Waals surface area contributed by atoms with E-state index in [0.717, 1.165) is 23.3 Å². The zero-order valence-electron chi connectivity index (χ0n) is 24.4. The van der Waals surface area contributed by atoms with Crippen LogP contribution in [-0.2, 0) is 46.5 Å². The van der Waals surface area contributed by atoms with E-state index >= 15 is 0 Å². The topological polar surface area (TPSA) is 197 Å². The van der Waals surface area contributed by atoms with Gasteiger partial charge in [0.2, 0.25) is 6.29 Å². The van der Waals surface area contributed by atoms with Gasteiger partial charge < -0.3 is 34.6 Å². The number of carbonyl (C=O) groups is 5. The first-order chi connectivity index (χ1) is 20.2. The van der Waals surface area contributed by atoms with Crippen LogP contribution in [0.3, 0.4) is 0 Å². The average molecular weight is 606 g/mol. The highest BCUT2D eigenvalue weighted by Crippen LogP contribution is 2.29. The van der Waals surface area contributed by atoms with Gasteiger partial charge in [0.15, 0.2) is 6.10 Å². The second-order valence-corrected chi connectivity index (χ2v) is 11.6. The van der Waals surface area contributed by atoms with Gasteiger partial charge in [-0.15, -0.1) is 0 Å². The van der Waals surface area contributed by atoms with Crippen LogP contribution in [0.4, 0.5) is 0 Å². The summed E-state index contributed by atoms with van der Waals surface area (Å²) in [7, 11) is 0. The van der Waals surface area contributed by atoms with Crippen molar-refractivity contribution in [2.24, 2.45) is 5.41 Å². The molecule has 0 unspecified atom stereocenters. The lowest BCUT2D eigenvalue weighted by Crippen LogP contribution is -2.61. The molecule has 0 bridgehead atoms. The number of aliphatic carboxylic acids is 1. The molecule has 0 saturated carbocycles. The Labute approximate surface area is 249 Å². The van der Waals surface area contributed by atoms with Gasteiger partial charge in [-0.1, -0.05) is 12.5 Å². The van der Waals surface area contributed by atoms with Gasteiger partial charge in [-0.05, 0) is 57.7 Å². The number of aliphatic hydroxyl groups excluding tert-OH is 3. The molecule has 236 valence electrons. The molecule has 0 spiro atoms. The number of esters is 1. The van der Waals surface area contributed by atoms with Gasteiger partial charge >= 0.3 is 11.9 Å². The molecule has 1 aromatic rings. The van der Waals surface area contributed by atoms with Crippen molar-refractivity contribution in [3.05, 3.63) is 41.5 Å². The predicted molar refractivity (Wildman–Crippen MR) is 148 cm³/mol. The summed E-state index contributed by atoms with van der Waals surface area (Å²) in [5.74, 6) is -2.75. The molecule has 4 N–H and O–H groups in total. The fourth-order valence-electron chi connectivity index (χ4n) is 4.49. The lowest BCUT2D eigenvalue weighted by atomic mass is 9.97. The number of carboxylic acids is 1. The van der Waals surface area contributed by atoms with E-state index in [2.05, 4.69) is 0 Å². The molecular formula is C30H39NO12. The van der Waals surface area contributed by atoms with E-state index in [1.165, 1.54) is 12.2 Å². The molecular weight excluding hydrogens is 566 g/mol. The number of rotatable bonds is 14. The first kappa shape index (κ1) is 33.8. The number of carboxylic acid groups (broad SMARTS) is 1. The number of benzene rings is 1. The molecule has 5 atom stereocenters. The van der Waals surface area contributed by atoms with Crippen molar-refractivity contribution in [3.8, 4) is 5.75 Å². The summed E-state index contributed by atoms with van der Waals surface area (Å²) >= 11 is 0. The molecule has 2 heterocycles. The minimum Gasteiger partial charge on any atom is -0.479 e. The van der Waals surface area contributed by atoms with Crippen molar-refractivity contribution in [1.29, 1.82) is 0 Å². The molecule has 0 aliphatic carbocycles. The van der Waals surface area contributed by atoms with Crippen LogP contribution in [0, 0.1) is 5.41 Å². The molecule has 1 fully saturated rings. The number of hydrogen-bond donors (Lipinski definition) is 4. The van der Waals surface area contributed by atoms with E-state index in [0.29, 0.717) is 24.8 Å². The Morgan fingerprint density at radius 2 is 1.60 bits per heavy atom. The average Bonchev–Trinajstić information content (AvgIpc) is 3.27. The first-order valence-electron chi connectivity index (χ1n) is 14.1. The number of ether oxygens (including phenoxy) is 3. The Morgan fingerprint density at radius 3 is 2.23 bits per heavy atom. The third-order valence-electron chi connectivity index (χ3n) is 7.09. The number of Topliss-reactive ketones (excluding diaryl/α,β-unsaturated/α-hetero) is 1. The van der Waals surface area contributed by atoms with Gasteiger partial charge in [-0.25, -0.2) is 4.79 Å². The standard InChI is InChI=1S/C30H39NO12/c1-30(2,3)29(40)41-16-18-15-17(7-5-4-6-8-19(32)13-14-31-21(33)11-12-22(31)34)9-10-20(18)42-28-25(37)23(35)24(36)26(43-28)27(38)39/h9-12,15,23-26,28,35-37H,4-8,13-14,16H2,1-3H3,(H,38,39)/t23-,24-,25+,26-,28+/m0/s1. The maximum absolute atomic E-state index is 12.4. The minimum atomic E-state index is -1.87. The van der Waals surface area contributed by atoms with E-state index in [4.69, 9.17) is 14.2 Å². The Kier molecular flexibility index (Phi) is 11.6. The summed E-state index contributed by atoms with van der Waals surface area (Å²) < 4.78 is 16.4. The lowest BCUT2D eigenvalue weighted by Gasteiger charge is -2.38. The number of amides is 2. The lowest BCUT2D eigenvalue weighted by molar-refractivity contribution is -0.271. The number of hydrogen-bond acceptors (Lipinski definition) is 11. The van der Waals surface area contributed by atoms with Gasteiger partial charge in [-0.2, -0.15) is 0 Å². The van der Waals surface area contributed by atoms with E-state index in [1.54, 1.807) is 39.0 Å². The van der Waals surface area contributed by atoms with E-state index in [-0.39, 0.29) is 31.1 Å². The SMILES string of the molecule is CC(C)(C)C(=O)OCc1cc(CCCCCC(=O)CCN2C(=O)C=CC2=O)ccc1O[C@@H]1O[C@H](C(=O)O)[C@@H](O)[C@H](O)[C@H]1O. The number of unbranched alkanes of at least 4 members (excludes halogenated alkanes) is 2. The van der Waals surface area contributed by atoms with Crippen LogP contribution in [0.1, 0.15) is 64.0 Å². The largest absolute Gasteiger partial charge is 0.479 e. The highest BCUT2D eigenvalue weighted by atomic mass is 16.7. The second-order valence-electron chi connectivity index (χ2n) is 11.6. The van der Waals surface area contributed by atoms with Gasteiger partial charge in [0.1, 0.15) is 36.5 Å². The van der Waals surface area contributed by atoms with Crippen LogP contribution < -0.4 is 4.74 Å². The third kappa shape index (κ3) is 9.17. The van der Waals surface area contributed by atoms with Gasteiger partial charge in [0, 0.05) is 37.1 Å². The molecule has 2 aliphatic rings. The summed E-state index contributed by atoms with van der Waals surface area (Å²) in [4.78, 5) is 60.3. The normalized spacial score (nSPS) is 23.9. The Morgan fingerprint density at radius 1 is 0.930 bits per heavy atom. The molecule has 13 nitrogen and oxygen atoms in total. The summed E-state index contributed by atoms with van der Waals surface area (Å²) in [6.45, 7) is 4.96. The number of nitrogens with zero attached hydrogens (tertiary/aromatic N) is 1. The smallest absolute Gasteiger partial charge is 0.335 e. The molecule has 3 rings (SSSR count). The van der Waals surface area contributed by atoms with Crippen LogP contribution in [0.15, 0.2) is 30.4 Å². The van der Waals surface area contributed by atoms with Crippen molar-refractivity contribution in [2.45, 2.75) is 96.6 Å². The molecule has 2 amide bonds. The Hall–Kier alpha value is -3.65. The Bertz CT molecular complexity index is 1220. The minimum absolute atomic E-state index is 0.0353. The highest BCUT2D eigenvalue weighted by Gasteiger charge is 2.48. The van der Waals surface area contributed by atoms with Crippen molar-refractivity contribution < 1.29 is 58.6 Å². The number of imide groups is 1.